The Balaban J connectivity index is 1.56. The number of hydrogen-bond acceptors (Lipinski definition) is 5. The Kier molecular flexibility index (Phi) is 5.66. The van der Waals surface area contributed by atoms with Crippen LogP contribution in [0.1, 0.15) is 21.7 Å². The Morgan fingerprint density at radius 1 is 1.06 bits per heavy atom. The van der Waals surface area contributed by atoms with Crippen LogP contribution in [0, 0.1) is 6.92 Å². The number of aromatic nitrogens is 3. The molecule has 1 amide bonds. The molecule has 0 atom stereocenters. The zero-order valence-corrected chi connectivity index (χ0v) is 17.2. The Hall–Kier alpha value is -4.13. The van der Waals surface area contributed by atoms with Crippen LogP contribution in [0.2, 0.25) is 0 Å². The van der Waals surface area contributed by atoms with Gasteiger partial charge in [-0.3, -0.25) is 4.79 Å². The number of phenolic OH excluding ortho intramolecular Hbond substituents is 1. The highest BCUT2D eigenvalue weighted by Crippen LogP contribution is 2.29. The molecule has 0 fully saturated rings. The van der Waals surface area contributed by atoms with Crippen molar-refractivity contribution in [3.63, 3.8) is 0 Å². The first-order chi connectivity index (χ1) is 15.1. The second kappa shape index (κ2) is 8.71. The molecule has 156 valence electrons. The number of nitrogens with zero attached hydrogens (tertiary/aromatic N) is 3. The lowest BCUT2D eigenvalue weighted by atomic mass is 10.00. The van der Waals surface area contributed by atoms with Gasteiger partial charge in [0.1, 0.15) is 0 Å². The summed E-state index contributed by atoms with van der Waals surface area (Å²) in [5, 5.41) is 20.9. The Morgan fingerprint density at radius 3 is 2.55 bits per heavy atom. The first-order valence-electron chi connectivity index (χ1n) is 9.78. The van der Waals surface area contributed by atoms with Crippen molar-refractivity contribution < 1.29 is 14.6 Å². The fraction of sp³-hybridized carbons (Fsp3) is 0.125. The average Bonchev–Trinajstić information content (AvgIpc) is 3.15. The van der Waals surface area contributed by atoms with E-state index in [1.165, 1.54) is 13.2 Å². The first-order valence-corrected chi connectivity index (χ1v) is 9.78. The van der Waals surface area contributed by atoms with Crippen molar-refractivity contribution >= 4 is 11.6 Å². The van der Waals surface area contributed by atoms with Gasteiger partial charge in [-0.15, -0.1) is 5.10 Å². The van der Waals surface area contributed by atoms with Crippen LogP contribution in [0.4, 0.5) is 5.69 Å². The molecule has 2 N–H and O–H groups in total. The van der Waals surface area contributed by atoms with E-state index in [0.29, 0.717) is 23.7 Å². The molecule has 0 unspecified atom stereocenters. The van der Waals surface area contributed by atoms with E-state index in [1.807, 2.05) is 43.3 Å². The van der Waals surface area contributed by atoms with Crippen molar-refractivity contribution in [3.05, 3.63) is 89.7 Å². The lowest BCUT2D eigenvalue weighted by Gasteiger charge is -2.11. The molecule has 4 rings (SSSR count). The summed E-state index contributed by atoms with van der Waals surface area (Å²) in [5.41, 5.74) is 4.62. The van der Waals surface area contributed by atoms with Crippen molar-refractivity contribution in [2.24, 2.45) is 0 Å². The third kappa shape index (κ3) is 4.25. The van der Waals surface area contributed by atoms with Crippen molar-refractivity contribution in [3.8, 4) is 22.6 Å². The summed E-state index contributed by atoms with van der Waals surface area (Å²) in [5.74, 6) is -0.125. The quantitative estimate of drug-likeness (QED) is 0.492. The van der Waals surface area contributed by atoms with Crippen LogP contribution < -0.4 is 10.1 Å². The van der Waals surface area contributed by atoms with Gasteiger partial charge in [-0.25, -0.2) is 4.68 Å². The van der Waals surface area contributed by atoms with Gasteiger partial charge in [0.05, 0.1) is 19.3 Å². The van der Waals surface area contributed by atoms with Gasteiger partial charge in [-0.05, 0) is 35.7 Å². The van der Waals surface area contributed by atoms with Gasteiger partial charge in [-0.1, -0.05) is 59.8 Å². The molecule has 4 aromatic rings. The molecule has 0 saturated heterocycles. The standard InChI is InChI=1S/C24H22N4O3/c1-16-23(24(30)25-19-12-13-22(31-2)21(29)14-19)26-27-28(16)15-18-10-6-7-11-20(18)17-8-4-3-5-9-17/h3-14,29H,15H2,1-2H3,(H,25,30). The van der Waals surface area contributed by atoms with Crippen LogP contribution in [0.25, 0.3) is 11.1 Å². The highest BCUT2D eigenvalue weighted by Gasteiger charge is 2.18. The molecule has 7 nitrogen and oxygen atoms in total. The van der Waals surface area contributed by atoms with Gasteiger partial charge < -0.3 is 15.2 Å². The van der Waals surface area contributed by atoms with Gasteiger partial charge in [-0.2, -0.15) is 0 Å². The lowest BCUT2D eigenvalue weighted by molar-refractivity contribution is 0.102. The molecule has 0 spiro atoms. The van der Waals surface area contributed by atoms with Crippen molar-refractivity contribution in [2.75, 3.05) is 12.4 Å². The molecule has 7 heteroatoms. The number of nitrogens with one attached hydrogen (secondary N) is 1. The number of ether oxygens (including phenoxy) is 1. The molecule has 0 bridgehead atoms. The normalized spacial score (nSPS) is 10.6. The summed E-state index contributed by atoms with van der Waals surface area (Å²) in [6, 6.07) is 22.9. The van der Waals surface area contributed by atoms with E-state index in [2.05, 4.69) is 33.8 Å². The Bertz CT molecular complexity index is 1220. The number of methoxy groups -OCH3 is 1. The molecule has 0 aliphatic carbocycles. The van der Waals surface area contributed by atoms with E-state index >= 15 is 0 Å². The van der Waals surface area contributed by atoms with Gasteiger partial charge >= 0.3 is 0 Å². The minimum absolute atomic E-state index is 0.0572. The molecule has 0 saturated carbocycles. The van der Waals surface area contributed by atoms with Crippen molar-refractivity contribution in [1.82, 2.24) is 15.0 Å². The third-order valence-electron chi connectivity index (χ3n) is 5.06. The fourth-order valence-corrected chi connectivity index (χ4v) is 3.40. The largest absolute Gasteiger partial charge is 0.504 e. The van der Waals surface area contributed by atoms with E-state index in [4.69, 9.17) is 4.74 Å². The summed E-state index contributed by atoms with van der Waals surface area (Å²) in [6.07, 6.45) is 0. The maximum absolute atomic E-state index is 12.7. The zero-order chi connectivity index (χ0) is 21.8. The van der Waals surface area contributed by atoms with E-state index in [-0.39, 0.29) is 11.4 Å². The van der Waals surface area contributed by atoms with Crippen LogP contribution >= 0.6 is 0 Å². The van der Waals surface area contributed by atoms with Crippen LogP contribution in [0.15, 0.2) is 72.8 Å². The second-order valence-electron chi connectivity index (χ2n) is 7.05. The fourth-order valence-electron chi connectivity index (χ4n) is 3.40. The molecule has 1 aromatic heterocycles. The highest BCUT2D eigenvalue weighted by molar-refractivity contribution is 6.03. The second-order valence-corrected chi connectivity index (χ2v) is 7.05. The number of aromatic hydroxyl groups is 1. The summed E-state index contributed by atoms with van der Waals surface area (Å²) in [6.45, 7) is 2.30. The van der Waals surface area contributed by atoms with Crippen LogP contribution in [-0.4, -0.2) is 33.1 Å². The number of carbonyl (C=O) groups excluding carboxylic acids is 1. The van der Waals surface area contributed by atoms with E-state index in [1.54, 1.807) is 16.8 Å². The number of benzene rings is 3. The number of amides is 1. The predicted octanol–water partition coefficient (Wildman–Crippen LogP) is 4.27. The third-order valence-corrected chi connectivity index (χ3v) is 5.06. The lowest BCUT2D eigenvalue weighted by Crippen LogP contribution is -2.14. The van der Waals surface area contributed by atoms with Crippen molar-refractivity contribution in [2.45, 2.75) is 13.5 Å². The van der Waals surface area contributed by atoms with Crippen LogP contribution in [0.3, 0.4) is 0 Å². The Morgan fingerprint density at radius 2 is 1.81 bits per heavy atom. The average molecular weight is 414 g/mol. The molecular weight excluding hydrogens is 392 g/mol. The minimum Gasteiger partial charge on any atom is -0.504 e. The number of hydrogen-bond donors (Lipinski definition) is 2. The maximum atomic E-state index is 12.7. The molecule has 3 aromatic carbocycles. The molecule has 1 heterocycles. The Labute approximate surface area is 179 Å². The van der Waals surface area contributed by atoms with Gasteiger partial charge in [0, 0.05) is 11.8 Å². The monoisotopic (exact) mass is 414 g/mol. The van der Waals surface area contributed by atoms with E-state index in [0.717, 1.165) is 16.7 Å². The topological polar surface area (TPSA) is 89.3 Å². The van der Waals surface area contributed by atoms with Gasteiger partial charge in [0.15, 0.2) is 17.2 Å². The summed E-state index contributed by atoms with van der Waals surface area (Å²) in [7, 11) is 1.46. The zero-order valence-electron chi connectivity index (χ0n) is 17.2. The number of anilines is 1. The molecule has 0 aliphatic heterocycles. The van der Waals surface area contributed by atoms with E-state index in [9.17, 15) is 9.90 Å². The molecule has 0 aliphatic rings. The molecule has 31 heavy (non-hydrogen) atoms. The van der Waals surface area contributed by atoms with Crippen molar-refractivity contribution in [1.29, 1.82) is 0 Å². The first kappa shape index (κ1) is 20.2. The number of carbonyl (C=O) groups is 1. The van der Waals surface area contributed by atoms with E-state index < -0.39 is 5.91 Å². The number of rotatable bonds is 6. The summed E-state index contributed by atoms with van der Waals surface area (Å²) >= 11 is 0. The van der Waals surface area contributed by atoms with Gasteiger partial charge in [0.25, 0.3) is 5.91 Å². The number of phenols is 1. The smallest absolute Gasteiger partial charge is 0.278 e. The summed E-state index contributed by atoms with van der Waals surface area (Å²) in [4.78, 5) is 12.7. The van der Waals surface area contributed by atoms with Crippen LogP contribution in [0.5, 0.6) is 11.5 Å². The minimum atomic E-state index is -0.398. The van der Waals surface area contributed by atoms with Gasteiger partial charge in [0.2, 0.25) is 0 Å². The maximum Gasteiger partial charge on any atom is 0.278 e. The molecule has 0 radical (unpaired) electrons. The molecular formula is C24H22N4O3. The predicted molar refractivity (Wildman–Crippen MR) is 118 cm³/mol. The SMILES string of the molecule is COc1ccc(NC(=O)c2nnn(Cc3ccccc3-c3ccccc3)c2C)cc1O. The highest BCUT2D eigenvalue weighted by atomic mass is 16.5. The van der Waals surface area contributed by atoms with Crippen LogP contribution in [-0.2, 0) is 6.54 Å². The summed E-state index contributed by atoms with van der Waals surface area (Å²) < 4.78 is 6.73.